The summed E-state index contributed by atoms with van der Waals surface area (Å²) >= 11 is 0. The minimum absolute atomic E-state index is 0.0832. The summed E-state index contributed by atoms with van der Waals surface area (Å²) in [4.78, 5) is 25.3. The normalized spacial score (nSPS) is 9.96. The van der Waals surface area contributed by atoms with Crippen LogP contribution in [-0.4, -0.2) is 29.0 Å². The van der Waals surface area contributed by atoms with Gasteiger partial charge in [-0.15, -0.1) is 0 Å². The number of rotatable bonds is 7. The quantitative estimate of drug-likeness (QED) is 0.461. The Hall–Kier alpha value is -3.16. The van der Waals surface area contributed by atoms with Crippen LogP contribution >= 0.6 is 0 Å². The molecule has 1 heterocycles. The third-order valence-corrected chi connectivity index (χ3v) is 2.80. The molecule has 0 aliphatic carbocycles. The molecule has 0 radical (unpaired) electrons. The number of anilines is 2. The van der Waals surface area contributed by atoms with Crippen LogP contribution in [0.5, 0.6) is 5.75 Å². The lowest BCUT2D eigenvalue weighted by Gasteiger charge is -2.09. The van der Waals surface area contributed by atoms with E-state index in [-0.39, 0.29) is 24.0 Å². The first kappa shape index (κ1) is 16.2. The van der Waals surface area contributed by atoms with Crippen molar-refractivity contribution in [1.29, 1.82) is 0 Å². The van der Waals surface area contributed by atoms with E-state index in [0.29, 0.717) is 18.0 Å². The van der Waals surface area contributed by atoms with E-state index in [9.17, 15) is 14.9 Å². The molecule has 8 nitrogen and oxygen atoms in total. The number of hydrogen-bond acceptors (Lipinski definition) is 6. The summed E-state index contributed by atoms with van der Waals surface area (Å²) in [7, 11) is 0. The van der Waals surface area contributed by atoms with Crippen LogP contribution in [0.2, 0.25) is 0 Å². The number of nitrogens with one attached hydrogen (secondary N) is 2. The maximum atomic E-state index is 11.0. The summed E-state index contributed by atoms with van der Waals surface area (Å²) in [6, 6.07) is 9.86. The van der Waals surface area contributed by atoms with Crippen LogP contribution in [0.4, 0.5) is 17.2 Å². The topological polar surface area (TPSA) is 106 Å². The largest absolute Gasteiger partial charge is 0.492 e. The first-order chi connectivity index (χ1) is 11.1. The molecule has 120 valence electrons. The van der Waals surface area contributed by atoms with E-state index in [0.717, 1.165) is 0 Å². The van der Waals surface area contributed by atoms with Crippen molar-refractivity contribution in [3.8, 4) is 5.75 Å². The van der Waals surface area contributed by atoms with E-state index in [4.69, 9.17) is 4.74 Å². The molecule has 23 heavy (non-hydrogen) atoms. The zero-order valence-electron chi connectivity index (χ0n) is 12.5. The van der Waals surface area contributed by atoms with Crippen molar-refractivity contribution in [2.24, 2.45) is 0 Å². The van der Waals surface area contributed by atoms with Gasteiger partial charge in [0.05, 0.1) is 11.5 Å². The Kier molecular flexibility index (Phi) is 5.45. The monoisotopic (exact) mass is 316 g/mol. The smallest absolute Gasteiger partial charge is 0.311 e. The molecular weight excluding hydrogens is 300 g/mol. The highest BCUT2D eigenvalue weighted by molar-refractivity contribution is 5.88. The molecule has 0 unspecified atom stereocenters. The van der Waals surface area contributed by atoms with Gasteiger partial charge in [-0.3, -0.25) is 14.9 Å². The molecule has 0 atom stereocenters. The maximum Gasteiger partial charge on any atom is 0.311 e. The van der Waals surface area contributed by atoms with Crippen molar-refractivity contribution >= 4 is 23.1 Å². The van der Waals surface area contributed by atoms with E-state index < -0.39 is 4.92 Å². The molecule has 2 N–H and O–H groups in total. The van der Waals surface area contributed by atoms with Crippen molar-refractivity contribution in [2.75, 3.05) is 23.8 Å². The molecule has 2 aromatic rings. The summed E-state index contributed by atoms with van der Waals surface area (Å²) in [5, 5.41) is 16.4. The van der Waals surface area contributed by atoms with Gasteiger partial charge in [0, 0.05) is 30.9 Å². The third-order valence-electron chi connectivity index (χ3n) is 2.80. The second-order valence-electron chi connectivity index (χ2n) is 4.61. The lowest BCUT2D eigenvalue weighted by atomic mass is 10.3. The van der Waals surface area contributed by atoms with Gasteiger partial charge in [-0.25, -0.2) is 4.98 Å². The van der Waals surface area contributed by atoms with E-state index in [1.807, 2.05) is 0 Å². The number of nitrogens with zero attached hydrogens (tertiary/aromatic N) is 2. The Labute approximate surface area is 132 Å². The Balaban J connectivity index is 1.86. The summed E-state index contributed by atoms with van der Waals surface area (Å²) in [5.41, 5.74) is 0.559. The Morgan fingerprint density at radius 2 is 2.17 bits per heavy atom. The van der Waals surface area contributed by atoms with Crippen molar-refractivity contribution in [1.82, 2.24) is 4.98 Å². The molecule has 0 spiro atoms. The van der Waals surface area contributed by atoms with Gasteiger partial charge in [-0.05, 0) is 18.2 Å². The summed E-state index contributed by atoms with van der Waals surface area (Å²) in [6.07, 6.45) is 1.48. The number of ether oxygens (including phenoxy) is 1. The van der Waals surface area contributed by atoms with Crippen molar-refractivity contribution in [2.45, 2.75) is 6.92 Å². The van der Waals surface area contributed by atoms with Gasteiger partial charge in [0.25, 0.3) is 0 Å². The first-order valence-electron chi connectivity index (χ1n) is 6.90. The zero-order valence-corrected chi connectivity index (χ0v) is 12.5. The summed E-state index contributed by atoms with van der Waals surface area (Å²) < 4.78 is 5.54. The van der Waals surface area contributed by atoms with Crippen LogP contribution in [0.3, 0.4) is 0 Å². The van der Waals surface area contributed by atoms with Crippen LogP contribution < -0.4 is 15.4 Å². The SMILES string of the molecule is CC(=O)Nc1cccc(OCCNc2ncccc2[N+](=O)[O-])c1. The molecule has 1 aromatic heterocycles. The highest BCUT2D eigenvalue weighted by Gasteiger charge is 2.13. The Bertz CT molecular complexity index is 705. The number of pyridine rings is 1. The van der Waals surface area contributed by atoms with Crippen LogP contribution in [0.25, 0.3) is 0 Å². The molecule has 0 saturated carbocycles. The number of hydrogen-bond donors (Lipinski definition) is 2. The maximum absolute atomic E-state index is 11.0. The van der Waals surface area contributed by atoms with Crippen LogP contribution in [0.1, 0.15) is 6.92 Å². The minimum Gasteiger partial charge on any atom is -0.492 e. The van der Waals surface area contributed by atoms with E-state index in [2.05, 4.69) is 15.6 Å². The summed E-state index contributed by atoms with van der Waals surface area (Å²) in [6.45, 7) is 2.07. The van der Waals surface area contributed by atoms with Gasteiger partial charge in [0.2, 0.25) is 11.7 Å². The van der Waals surface area contributed by atoms with Crippen LogP contribution in [0, 0.1) is 10.1 Å². The highest BCUT2D eigenvalue weighted by atomic mass is 16.6. The van der Waals surface area contributed by atoms with Gasteiger partial charge in [-0.2, -0.15) is 0 Å². The number of carbonyl (C=O) groups excluding carboxylic acids is 1. The predicted molar refractivity (Wildman–Crippen MR) is 85.6 cm³/mol. The molecule has 0 fully saturated rings. The number of aromatic nitrogens is 1. The van der Waals surface area contributed by atoms with Gasteiger partial charge in [0.15, 0.2) is 0 Å². The fourth-order valence-electron chi connectivity index (χ4n) is 1.89. The Morgan fingerprint density at radius 3 is 2.91 bits per heavy atom. The van der Waals surface area contributed by atoms with Crippen molar-refractivity contribution < 1.29 is 14.5 Å². The minimum atomic E-state index is -0.493. The number of benzene rings is 1. The molecule has 0 saturated heterocycles. The van der Waals surface area contributed by atoms with Gasteiger partial charge < -0.3 is 15.4 Å². The highest BCUT2D eigenvalue weighted by Crippen LogP contribution is 2.20. The first-order valence-corrected chi connectivity index (χ1v) is 6.90. The molecule has 8 heteroatoms. The van der Waals surface area contributed by atoms with Crippen molar-refractivity contribution in [3.63, 3.8) is 0 Å². The Morgan fingerprint density at radius 1 is 1.35 bits per heavy atom. The average molecular weight is 316 g/mol. The molecule has 0 aliphatic rings. The zero-order chi connectivity index (χ0) is 16.7. The molecule has 1 amide bonds. The van der Waals surface area contributed by atoms with Gasteiger partial charge in [-0.1, -0.05) is 6.07 Å². The molecular formula is C15H16N4O4. The predicted octanol–water partition coefficient (Wildman–Crippen LogP) is 2.44. The van der Waals surface area contributed by atoms with E-state index in [1.165, 1.54) is 25.3 Å². The van der Waals surface area contributed by atoms with E-state index in [1.54, 1.807) is 24.3 Å². The molecule has 1 aromatic carbocycles. The number of amides is 1. The lowest BCUT2D eigenvalue weighted by Crippen LogP contribution is -2.13. The number of nitro groups is 1. The second kappa shape index (κ2) is 7.74. The molecule has 0 aliphatic heterocycles. The fraction of sp³-hybridized carbons (Fsp3) is 0.200. The standard InChI is InChI=1S/C15H16N4O4/c1-11(20)18-12-4-2-5-13(10-12)23-9-8-17-15-14(19(21)22)6-3-7-16-15/h2-7,10H,8-9H2,1H3,(H,16,17)(H,18,20). The van der Waals surface area contributed by atoms with Crippen molar-refractivity contribution in [3.05, 3.63) is 52.7 Å². The van der Waals surface area contributed by atoms with Crippen LogP contribution in [-0.2, 0) is 4.79 Å². The van der Waals surface area contributed by atoms with E-state index >= 15 is 0 Å². The summed E-state index contributed by atoms with van der Waals surface area (Å²) in [5.74, 6) is 0.632. The van der Waals surface area contributed by atoms with Gasteiger partial charge >= 0.3 is 5.69 Å². The molecule has 0 bridgehead atoms. The second-order valence-corrected chi connectivity index (χ2v) is 4.61. The third kappa shape index (κ3) is 4.95. The molecule has 2 rings (SSSR count). The van der Waals surface area contributed by atoms with Crippen LogP contribution in [0.15, 0.2) is 42.6 Å². The van der Waals surface area contributed by atoms with Gasteiger partial charge in [0.1, 0.15) is 12.4 Å². The number of carbonyl (C=O) groups is 1. The average Bonchev–Trinajstić information content (AvgIpc) is 2.51. The fourth-order valence-corrected chi connectivity index (χ4v) is 1.89. The lowest BCUT2D eigenvalue weighted by molar-refractivity contribution is -0.384.